The van der Waals surface area contributed by atoms with Crippen LogP contribution in [0.1, 0.15) is 6.92 Å². The standard InChI is InChI=1S/C14H20N4O2/c1-11-10-18(7-8-20-11)14(15)16-9-13(19)17-12-5-3-2-4-6-12/h2-6,11H,7-10H2,1H3,(H2,15,16)(H,17,19). The molecule has 0 bridgehead atoms. The molecule has 6 nitrogen and oxygen atoms in total. The lowest BCUT2D eigenvalue weighted by molar-refractivity contribution is -0.114. The average molecular weight is 276 g/mol. The molecule has 1 amide bonds. The van der Waals surface area contributed by atoms with Gasteiger partial charge in [0.2, 0.25) is 5.91 Å². The molecular formula is C14H20N4O2. The normalized spacial score (nSPS) is 19.8. The van der Waals surface area contributed by atoms with E-state index in [1.54, 1.807) is 0 Å². The molecule has 2 rings (SSSR count). The number of morpholine rings is 1. The fourth-order valence-electron chi connectivity index (χ4n) is 2.00. The second-order valence-corrected chi connectivity index (χ2v) is 4.72. The van der Waals surface area contributed by atoms with Gasteiger partial charge in [-0.2, -0.15) is 0 Å². The van der Waals surface area contributed by atoms with Crippen LogP contribution in [0.15, 0.2) is 35.3 Å². The van der Waals surface area contributed by atoms with E-state index in [2.05, 4.69) is 10.3 Å². The Bertz CT molecular complexity index is 475. The molecule has 3 N–H and O–H groups in total. The number of guanidine groups is 1. The van der Waals surface area contributed by atoms with Crippen LogP contribution in [0.4, 0.5) is 5.69 Å². The third-order valence-electron chi connectivity index (χ3n) is 3.01. The Kier molecular flexibility index (Phi) is 4.95. The second-order valence-electron chi connectivity index (χ2n) is 4.72. The molecule has 108 valence electrons. The van der Waals surface area contributed by atoms with Crippen molar-refractivity contribution in [3.8, 4) is 0 Å². The maximum Gasteiger partial charge on any atom is 0.246 e. The predicted octanol–water partition coefficient (Wildman–Crippen LogP) is 0.660. The lowest BCUT2D eigenvalue weighted by atomic mass is 10.3. The lowest BCUT2D eigenvalue weighted by Gasteiger charge is -2.31. The third kappa shape index (κ3) is 4.24. The molecule has 6 heteroatoms. The number of nitrogens with one attached hydrogen (secondary N) is 1. The van der Waals surface area contributed by atoms with Crippen LogP contribution in [0.3, 0.4) is 0 Å². The number of anilines is 1. The molecule has 1 atom stereocenters. The summed E-state index contributed by atoms with van der Waals surface area (Å²) < 4.78 is 5.43. The van der Waals surface area contributed by atoms with E-state index in [0.29, 0.717) is 25.7 Å². The summed E-state index contributed by atoms with van der Waals surface area (Å²) in [5.74, 6) is 0.212. The summed E-state index contributed by atoms with van der Waals surface area (Å²) in [5.41, 5.74) is 6.65. The number of rotatable bonds is 3. The molecule has 0 spiro atoms. The van der Waals surface area contributed by atoms with Crippen molar-refractivity contribution < 1.29 is 9.53 Å². The van der Waals surface area contributed by atoms with Gasteiger partial charge in [-0.15, -0.1) is 0 Å². The molecule has 0 aliphatic carbocycles. The number of carbonyl (C=O) groups excluding carboxylic acids is 1. The molecule has 1 heterocycles. The van der Waals surface area contributed by atoms with Crippen molar-refractivity contribution in [2.45, 2.75) is 13.0 Å². The van der Waals surface area contributed by atoms with Crippen molar-refractivity contribution in [2.24, 2.45) is 10.7 Å². The number of amides is 1. The van der Waals surface area contributed by atoms with Crippen molar-refractivity contribution in [2.75, 3.05) is 31.6 Å². The van der Waals surface area contributed by atoms with E-state index in [4.69, 9.17) is 10.5 Å². The van der Waals surface area contributed by atoms with Gasteiger partial charge < -0.3 is 20.7 Å². The van der Waals surface area contributed by atoms with E-state index >= 15 is 0 Å². The maximum absolute atomic E-state index is 11.7. The summed E-state index contributed by atoms with van der Waals surface area (Å²) in [6.07, 6.45) is 0.135. The van der Waals surface area contributed by atoms with Crippen molar-refractivity contribution in [1.82, 2.24) is 4.90 Å². The van der Waals surface area contributed by atoms with E-state index < -0.39 is 0 Å². The molecule has 20 heavy (non-hydrogen) atoms. The second kappa shape index (κ2) is 6.91. The van der Waals surface area contributed by atoms with Crippen LogP contribution < -0.4 is 11.1 Å². The van der Waals surface area contributed by atoms with Gasteiger partial charge in [-0.3, -0.25) is 4.79 Å². The predicted molar refractivity (Wildman–Crippen MR) is 78.5 cm³/mol. The number of carbonyl (C=O) groups is 1. The van der Waals surface area contributed by atoms with Crippen molar-refractivity contribution in [3.05, 3.63) is 30.3 Å². The number of para-hydroxylation sites is 1. The summed E-state index contributed by atoms with van der Waals surface area (Å²) in [6.45, 7) is 4.05. The molecule has 0 radical (unpaired) electrons. The van der Waals surface area contributed by atoms with Crippen LogP contribution in [0, 0.1) is 0 Å². The van der Waals surface area contributed by atoms with Crippen LogP contribution >= 0.6 is 0 Å². The summed E-state index contributed by atoms with van der Waals surface area (Å²) in [6, 6.07) is 9.28. The smallest absolute Gasteiger partial charge is 0.246 e. The largest absolute Gasteiger partial charge is 0.375 e. The number of nitrogens with zero attached hydrogens (tertiary/aromatic N) is 2. The van der Waals surface area contributed by atoms with Gasteiger partial charge in [0, 0.05) is 18.8 Å². The highest BCUT2D eigenvalue weighted by atomic mass is 16.5. The first-order chi connectivity index (χ1) is 9.65. The van der Waals surface area contributed by atoms with Crippen molar-refractivity contribution in [1.29, 1.82) is 0 Å². The molecular weight excluding hydrogens is 256 g/mol. The fourth-order valence-corrected chi connectivity index (χ4v) is 2.00. The Labute approximate surface area is 118 Å². The van der Waals surface area contributed by atoms with E-state index in [-0.39, 0.29) is 18.6 Å². The third-order valence-corrected chi connectivity index (χ3v) is 3.01. The van der Waals surface area contributed by atoms with Crippen LogP contribution in [-0.4, -0.2) is 49.1 Å². The number of hydrogen-bond donors (Lipinski definition) is 2. The minimum atomic E-state index is -0.180. The molecule has 1 unspecified atom stereocenters. The van der Waals surface area contributed by atoms with E-state index in [9.17, 15) is 4.79 Å². The topological polar surface area (TPSA) is 80.0 Å². The Hall–Kier alpha value is -2.08. The Morgan fingerprint density at radius 1 is 1.50 bits per heavy atom. The highest BCUT2D eigenvalue weighted by Crippen LogP contribution is 2.05. The molecule has 1 aromatic rings. The Morgan fingerprint density at radius 3 is 2.95 bits per heavy atom. The zero-order valence-electron chi connectivity index (χ0n) is 11.6. The molecule has 1 aromatic carbocycles. The zero-order chi connectivity index (χ0) is 14.4. The van der Waals surface area contributed by atoms with Gasteiger partial charge in [0.25, 0.3) is 0 Å². The SMILES string of the molecule is CC1CN(C(N)=NCC(=O)Nc2ccccc2)CCO1. The molecule has 1 aliphatic rings. The molecule has 0 saturated carbocycles. The summed E-state index contributed by atoms with van der Waals surface area (Å²) in [7, 11) is 0. The van der Waals surface area contributed by atoms with Crippen LogP contribution in [0.5, 0.6) is 0 Å². The van der Waals surface area contributed by atoms with E-state index in [0.717, 1.165) is 5.69 Å². The van der Waals surface area contributed by atoms with Gasteiger partial charge in [0.1, 0.15) is 6.54 Å². The van der Waals surface area contributed by atoms with Crippen molar-refractivity contribution in [3.63, 3.8) is 0 Å². The van der Waals surface area contributed by atoms with E-state index in [1.165, 1.54) is 0 Å². The van der Waals surface area contributed by atoms with Gasteiger partial charge >= 0.3 is 0 Å². The monoisotopic (exact) mass is 276 g/mol. The first kappa shape index (κ1) is 14.3. The number of ether oxygens (including phenoxy) is 1. The fraction of sp³-hybridized carbons (Fsp3) is 0.429. The average Bonchev–Trinajstić information content (AvgIpc) is 2.46. The van der Waals surface area contributed by atoms with Crippen LogP contribution in [0.25, 0.3) is 0 Å². The van der Waals surface area contributed by atoms with Crippen LogP contribution in [-0.2, 0) is 9.53 Å². The lowest BCUT2D eigenvalue weighted by Crippen LogP contribution is -2.48. The zero-order valence-corrected chi connectivity index (χ0v) is 11.6. The van der Waals surface area contributed by atoms with Crippen molar-refractivity contribution >= 4 is 17.6 Å². The maximum atomic E-state index is 11.7. The first-order valence-electron chi connectivity index (χ1n) is 6.66. The van der Waals surface area contributed by atoms with Gasteiger partial charge in [-0.25, -0.2) is 4.99 Å². The molecule has 1 saturated heterocycles. The number of hydrogen-bond acceptors (Lipinski definition) is 3. The minimum Gasteiger partial charge on any atom is -0.375 e. The number of benzene rings is 1. The Morgan fingerprint density at radius 2 is 2.25 bits per heavy atom. The molecule has 1 aliphatic heterocycles. The summed E-state index contributed by atoms with van der Waals surface area (Å²) >= 11 is 0. The van der Waals surface area contributed by atoms with E-state index in [1.807, 2.05) is 42.2 Å². The van der Waals surface area contributed by atoms with Gasteiger partial charge in [-0.1, -0.05) is 18.2 Å². The summed E-state index contributed by atoms with van der Waals surface area (Å²) in [5, 5.41) is 2.76. The van der Waals surface area contributed by atoms with Gasteiger partial charge in [-0.05, 0) is 19.1 Å². The number of nitrogens with two attached hydrogens (primary N) is 1. The van der Waals surface area contributed by atoms with Crippen LogP contribution in [0.2, 0.25) is 0 Å². The Balaban J connectivity index is 1.83. The first-order valence-corrected chi connectivity index (χ1v) is 6.66. The molecule has 1 fully saturated rings. The molecule has 0 aromatic heterocycles. The summed E-state index contributed by atoms with van der Waals surface area (Å²) in [4.78, 5) is 17.8. The quantitative estimate of drug-likeness (QED) is 0.628. The highest BCUT2D eigenvalue weighted by molar-refractivity contribution is 5.93. The van der Waals surface area contributed by atoms with Gasteiger partial charge in [0.15, 0.2) is 5.96 Å². The highest BCUT2D eigenvalue weighted by Gasteiger charge is 2.18. The number of aliphatic imine (C=N–C) groups is 1. The minimum absolute atomic E-state index is 0.0203. The van der Waals surface area contributed by atoms with Gasteiger partial charge in [0.05, 0.1) is 12.7 Å².